The van der Waals surface area contributed by atoms with Crippen molar-refractivity contribution < 1.29 is 24.5 Å². The highest BCUT2D eigenvalue weighted by Crippen LogP contribution is 2.23. The number of carboxylic acid groups (broad SMARTS) is 1. The lowest BCUT2D eigenvalue weighted by Crippen LogP contribution is -2.25. The van der Waals surface area contributed by atoms with Gasteiger partial charge in [0.15, 0.2) is 0 Å². The maximum Gasteiger partial charge on any atom is 0.306 e. The van der Waals surface area contributed by atoms with Gasteiger partial charge in [-0.05, 0) is 24.5 Å². The maximum atomic E-state index is 11.3. The fourth-order valence-corrected chi connectivity index (χ4v) is 2.00. The molecule has 106 valence electrons. The Morgan fingerprint density at radius 1 is 1.32 bits per heavy atom. The molecular weight excluding hydrogens is 248 g/mol. The standard InChI is InChI=1S/C14H20O5/c1-18-9-12(15)8-11(14(16)17)7-10-5-3-4-6-13(10)19-2/h3-6,11-12,15H,7-9H2,1-2H3,(H,16,17). The molecule has 0 aromatic heterocycles. The summed E-state index contributed by atoms with van der Waals surface area (Å²) in [5, 5.41) is 18.9. The summed E-state index contributed by atoms with van der Waals surface area (Å²) in [7, 11) is 3.02. The number of para-hydroxylation sites is 1. The Hall–Kier alpha value is -1.59. The smallest absolute Gasteiger partial charge is 0.306 e. The van der Waals surface area contributed by atoms with Crippen LogP contribution in [0.25, 0.3) is 0 Å². The van der Waals surface area contributed by atoms with Crippen LogP contribution in [0.3, 0.4) is 0 Å². The second-order valence-corrected chi connectivity index (χ2v) is 4.40. The molecule has 0 aliphatic carbocycles. The third kappa shape index (κ3) is 4.89. The van der Waals surface area contributed by atoms with Crippen LogP contribution in [-0.2, 0) is 16.0 Å². The van der Waals surface area contributed by atoms with Gasteiger partial charge in [0.25, 0.3) is 0 Å². The van der Waals surface area contributed by atoms with Crippen LogP contribution in [0, 0.1) is 5.92 Å². The first-order valence-electron chi connectivity index (χ1n) is 6.10. The normalized spacial score (nSPS) is 13.8. The van der Waals surface area contributed by atoms with E-state index in [2.05, 4.69) is 0 Å². The molecule has 19 heavy (non-hydrogen) atoms. The summed E-state index contributed by atoms with van der Waals surface area (Å²) in [5.74, 6) is -0.933. The predicted molar refractivity (Wildman–Crippen MR) is 70.3 cm³/mol. The van der Waals surface area contributed by atoms with Crippen molar-refractivity contribution in [1.29, 1.82) is 0 Å². The number of ether oxygens (including phenoxy) is 2. The molecule has 0 spiro atoms. The summed E-state index contributed by atoms with van der Waals surface area (Å²) < 4.78 is 10.0. The van der Waals surface area contributed by atoms with E-state index >= 15 is 0 Å². The number of aliphatic hydroxyl groups is 1. The third-order valence-electron chi connectivity index (χ3n) is 2.92. The number of methoxy groups -OCH3 is 2. The van der Waals surface area contributed by atoms with Crippen molar-refractivity contribution in [1.82, 2.24) is 0 Å². The number of aliphatic hydroxyl groups excluding tert-OH is 1. The van der Waals surface area contributed by atoms with E-state index in [0.717, 1.165) is 5.56 Å². The molecule has 2 unspecified atom stereocenters. The highest BCUT2D eigenvalue weighted by Gasteiger charge is 2.23. The summed E-state index contributed by atoms with van der Waals surface area (Å²) in [4.78, 5) is 11.3. The number of benzene rings is 1. The lowest BCUT2D eigenvalue weighted by atomic mass is 9.93. The molecule has 0 aliphatic heterocycles. The Morgan fingerprint density at radius 2 is 2.00 bits per heavy atom. The van der Waals surface area contributed by atoms with Crippen molar-refractivity contribution in [3.05, 3.63) is 29.8 Å². The van der Waals surface area contributed by atoms with Crippen LogP contribution in [0.1, 0.15) is 12.0 Å². The minimum atomic E-state index is -0.930. The van der Waals surface area contributed by atoms with E-state index in [1.54, 1.807) is 13.2 Å². The van der Waals surface area contributed by atoms with Crippen LogP contribution >= 0.6 is 0 Å². The Morgan fingerprint density at radius 3 is 2.58 bits per heavy atom. The summed E-state index contributed by atoms with van der Waals surface area (Å²) in [6.45, 7) is 0.135. The third-order valence-corrected chi connectivity index (χ3v) is 2.92. The van der Waals surface area contributed by atoms with Crippen LogP contribution in [0.5, 0.6) is 5.75 Å². The molecule has 1 rings (SSSR count). The van der Waals surface area contributed by atoms with E-state index in [0.29, 0.717) is 12.2 Å². The van der Waals surface area contributed by atoms with Gasteiger partial charge in [-0.3, -0.25) is 4.79 Å². The molecule has 2 N–H and O–H groups in total. The highest BCUT2D eigenvalue weighted by atomic mass is 16.5. The van der Waals surface area contributed by atoms with Gasteiger partial charge in [0.1, 0.15) is 5.75 Å². The molecule has 0 fully saturated rings. The fraction of sp³-hybridized carbons (Fsp3) is 0.500. The molecule has 0 saturated carbocycles. The largest absolute Gasteiger partial charge is 0.496 e. The number of hydrogen-bond acceptors (Lipinski definition) is 4. The fourth-order valence-electron chi connectivity index (χ4n) is 2.00. The van der Waals surface area contributed by atoms with E-state index in [9.17, 15) is 15.0 Å². The van der Waals surface area contributed by atoms with E-state index in [-0.39, 0.29) is 13.0 Å². The molecule has 0 heterocycles. The van der Waals surface area contributed by atoms with Crippen LogP contribution in [0.2, 0.25) is 0 Å². The minimum Gasteiger partial charge on any atom is -0.496 e. The molecule has 2 atom stereocenters. The Kier molecular flexibility index (Phi) is 6.32. The van der Waals surface area contributed by atoms with Gasteiger partial charge < -0.3 is 19.7 Å². The zero-order valence-corrected chi connectivity index (χ0v) is 11.2. The summed E-state index contributed by atoms with van der Waals surface area (Å²) in [6, 6.07) is 7.29. The first-order chi connectivity index (χ1) is 9.08. The molecule has 0 amide bonds. The topological polar surface area (TPSA) is 76.0 Å². The Labute approximate surface area is 112 Å². The van der Waals surface area contributed by atoms with Crippen molar-refractivity contribution >= 4 is 5.97 Å². The first kappa shape index (κ1) is 15.5. The molecule has 0 radical (unpaired) electrons. The van der Waals surface area contributed by atoms with Crippen LogP contribution < -0.4 is 4.74 Å². The summed E-state index contributed by atoms with van der Waals surface area (Å²) in [5.41, 5.74) is 0.821. The van der Waals surface area contributed by atoms with Gasteiger partial charge in [-0.25, -0.2) is 0 Å². The Bertz CT molecular complexity index is 405. The molecule has 0 aliphatic rings. The van der Waals surface area contributed by atoms with E-state index in [1.165, 1.54) is 7.11 Å². The van der Waals surface area contributed by atoms with Crippen molar-refractivity contribution in [3.63, 3.8) is 0 Å². The molecule has 5 nitrogen and oxygen atoms in total. The number of carboxylic acids is 1. The van der Waals surface area contributed by atoms with Gasteiger partial charge in [0.2, 0.25) is 0 Å². The molecular formula is C14H20O5. The number of aliphatic carboxylic acids is 1. The molecule has 0 bridgehead atoms. The van der Waals surface area contributed by atoms with E-state index < -0.39 is 18.0 Å². The van der Waals surface area contributed by atoms with Gasteiger partial charge in [-0.15, -0.1) is 0 Å². The second-order valence-electron chi connectivity index (χ2n) is 4.40. The zero-order chi connectivity index (χ0) is 14.3. The quantitative estimate of drug-likeness (QED) is 0.744. The predicted octanol–water partition coefficient (Wildman–Crippen LogP) is 1.34. The van der Waals surface area contributed by atoms with Crippen molar-refractivity contribution in [2.24, 2.45) is 5.92 Å². The van der Waals surface area contributed by atoms with Crippen molar-refractivity contribution in [3.8, 4) is 5.75 Å². The first-order valence-corrected chi connectivity index (χ1v) is 6.10. The molecule has 5 heteroatoms. The lowest BCUT2D eigenvalue weighted by molar-refractivity contribution is -0.143. The van der Waals surface area contributed by atoms with Crippen molar-refractivity contribution in [2.75, 3.05) is 20.8 Å². The maximum absolute atomic E-state index is 11.3. The van der Waals surface area contributed by atoms with Gasteiger partial charge >= 0.3 is 5.97 Å². The van der Waals surface area contributed by atoms with E-state index in [1.807, 2.05) is 18.2 Å². The van der Waals surface area contributed by atoms with Gasteiger partial charge in [-0.2, -0.15) is 0 Å². The minimum absolute atomic E-state index is 0.135. The lowest BCUT2D eigenvalue weighted by Gasteiger charge is -2.17. The SMILES string of the molecule is COCC(O)CC(Cc1ccccc1OC)C(=O)O. The monoisotopic (exact) mass is 268 g/mol. The second kappa shape index (κ2) is 7.76. The summed E-state index contributed by atoms with van der Waals surface area (Å²) in [6.07, 6.45) is -0.303. The zero-order valence-electron chi connectivity index (χ0n) is 11.2. The average molecular weight is 268 g/mol. The average Bonchev–Trinajstić information content (AvgIpc) is 2.38. The number of rotatable bonds is 8. The van der Waals surface area contributed by atoms with Gasteiger partial charge in [0.05, 0.1) is 25.7 Å². The summed E-state index contributed by atoms with van der Waals surface area (Å²) >= 11 is 0. The van der Waals surface area contributed by atoms with Crippen LogP contribution in [0.15, 0.2) is 24.3 Å². The van der Waals surface area contributed by atoms with E-state index in [4.69, 9.17) is 9.47 Å². The number of hydrogen-bond donors (Lipinski definition) is 2. The molecule has 1 aromatic carbocycles. The van der Waals surface area contributed by atoms with Gasteiger partial charge in [-0.1, -0.05) is 18.2 Å². The Balaban J connectivity index is 2.75. The van der Waals surface area contributed by atoms with Crippen LogP contribution in [0.4, 0.5) is 0 Å². The highest BCUT2D eigenvalue weighted by molar-refractivity contribution is 5.70. The van der Waals surface area contributed by atoms with Crippen molar-refractivity contribution in [2.45, 2.75) is 18.9 Å². The molecule has 1 aromatic rings. The van der Waals surface area contributed by atoms with Crippen LogP contribution in [-0.4, -0.2) is 43.1 Å². The van der Waals surface area contributed by atoms with Gasteiger partial charge in [0, 0.05) is 7.11 Å². The molecule has 0 saturated heterocycles. The number of carbonyl (C=O) groups is 1.